The third kappa shape index (κ3) is 8.24. The van der Waals surface area contributed by atoms with Crippen LogP contribution in [0.4, 0.5) is 9.18 Å². The molecule has 1 N–H and O–H groups in total. The maximum Gasteiger partial charge on any atom is 0.410 e. The number of halogens is 1. The number of hydrogen-bond donors (Lipinski definition) is 1. The van der Waals surface area contributed by atoms with Gasteiger partial charge in [0.25, 0.3) is 0 Å². The van der Waals surface area contributed by atoms with Gasteiger partial charge in [0.05, 0.1) is 19.2 Å². The molecule has 6 nitrogen and oxygen atoms in total. The minimum atomic E-state index is -1.86. The molecule has 0 saturated carbocycles. The molecule has 2 unspecified atom stereocenters. The quantitative estimate of drug-likeness (QED) is 0.583. The Morgan fingerprint density at radius 3 is 2.53 bits per heavy atom. The highest BCUT2D eigenvalue weighted by Gasteiger charge is 2.39. The second kappa shape index (κ2) is 11.7. The van der Waals surface area contributed by atoms with E-state index in [1.807, 2.05) is 13.8 Å². The van der Waals surface area contributed by atoms with E-state index in [-0.39, 0.29) is 35.7 Å². The van der Waals surface area contributed by atoms with Gasteiger partial charge in [-0.05, 0) is 43.6 Å². The first-order valence-corrected chi connectivity index (χ1v) is 13.4. The molecule has 1 aromatic carbocycles. The van der Waals surface area contributed by atoms with E-state index < -0.39 is 8.32 Å². The van der Waals surface area contributed by atoms with Crippen molar-refractivity contribution in [2.45, 2.75) is 71.3 Å². The second-order valence-corrected chi connectivity index (χ2v) is 13.9. The highest BCUT2D eigenvalue weighted by atomic mass is 28.4. The van der Waals surface area contributed by atoms with E-state index in [9.17, 15) is 9.18 Å². The Bertz CT molecular complexity index is 663. The predicted molar refractivity (Wildman–Crippen MR) is 119 cm³/mol. The lowest BCUT2D eigenvalue weighted by Gasteiger charge is -2.37. The van der Waals surface area contributed by atoms with Crippen LogP contribution in [-0.4, -0.2) is 62.9 Å². The lowest BCUT2D eigenvalue weighted by atomic mass is 10.2. The van der Waals surface area contributed by atoms with Gasteiger partial charge in [-0.1, -0.05) is 33.8 Å². The number of cyclic esters (lactones) is 1. The SMILES string of the molecule is CC(CO[Si](C)(C)C(C)(C)C)N1CC(COc2cccc(F)c2)OC1=O.CCCO. The summed E-state index contributed by atoms with van der Waals surface area (Å²) in [6.45, 7) is 16.3. The molecule has 30 heavy (non-hydrogen) atoms. The van der Waals surface area contributed by atoms with E-state index in [0.29, 0.717) is 25.5 Å². The minimum absolute atomic E-state index is 0.0733. The first-order valence-electron chi connectivity index (χ1n) is 10.5. The van der Waals surface area contributed by atoms with Crippen molar-refractivity contribution in [1.82, 2.24) is 4.90 Å². The molecule has 172 valence electrons. The van der Waals surface area contributed by atoms with Crippen molar-refractivity contribution in [3.63, 3.8) is 0 Å². The van der Waals surface area contributed by atoms with Crippen molar-refractivity contribution in [3.8, 4) is 5.75 Å². The summed E-state index contributed by atoms with van der Waals surface area (Å²) in [4.78, 5) is 13.8. The number of aliphatic hydroxyl groups is 1. The fourth-order valence-electron chi connectivity index (χ4n) is 2.37. The Kier molecular flexibility index (Phi) is 10.3. The van der Waals surface area contributed by atoms with Gasteiger partial charge in [-0.3, -0.25) is 4.90 Å². The number of carbonyl (C=O) groups is 1. The zero-order valence-electron chi connectivity index (χ0n) is 19.4. The lowest BCUT2D eigenvalue weighted by molar-refractivity contribution is 0.0998. The van der Waals surface area contributed by atoms with Gasteiger partial charge in [0.15, 0.2) is 14.4 Å². The molecular weight excluding hydrogens is 405 g/mol. The average Bonchev–Trinajstić information content (AvgIpc) is 3.04. The topological polar surface area (TPSA) is 68.2 Å². The summed E-state index contributed by atoms with van der Waals surface area (Å²) in [5.41, 5.74) is 0. The smallest absolute Gasteiger partial charge is 0.410 e. The van der Waals surface area contributed by atoms with E-state index >= 15 is 0 Å². The van der Waals surface area contributed by atoms with Gasteiger partial charge in [0.1, 0.15) is 18.2 Å². The summed E-state index contributed by atoms with van der Waals surface area (Å²) in [5.74, 6) is 0.0674. The molecular formula is C22H38FNO5Si. The Balaban J connectivity index is 0.00000103. The van der Waals surface area contributed by atoms with Gasteiger partial charge in [-0.2, -0.15) is 0 Å². The molecule has 0 spiro atoms. The van der Waals surface area contributed by atoms with Crippen LogP contribution in [0.2, 0.25) is 18.1 Å². The summed E-state index contributed by atoms with van der Waals surface area (Å²) in [6, 6.07) is 5.85. The largest absolute Gasteiger partial charge is 0.490 e. The van der Waals surface area contributed by atoms with Gasteiger partial charge in [0.2, 0.25) is 0 Å². The number of hydrogen-bond acceptors (Lipinski definition) is 5. The third-order valence-corrected chi connectivity index (χ3v) is 9.88. The third-order valence-electron chi connectivity index (χ3n) is 5.38. The van der Waals surface area contributed by atoms with E-state index in [2.05, 4.69) is 33.9 Å². The Labute approximate surface area is 181 Å². The van der Waals surface area contributed by atoms with Crippen LogP contribution in [0.25, 0.3) is 0 Å². The average molecular weight is 444 g/mol. The molecule has 1 saturated heterocycles. The Morgan fingerprint density at radius 2 is 2.00 bits per heavy atom. The van der Waals surface area contributed by atoms with Crippen molar-refractivity contribution in [3.05, 3.63) is 30.1 Å². The summed E-state index contributed by atoms with van der Waals surface area (Å²) in [7, 11) is -1.86. The Hall–Kier alpha value is -1.64. The molecule has 2 atom stereocenters. The molecule has 8 heteroatoms. The van der Waals surface area contributed by atoms with Crippen molar-refractivity contribution in [2.75, 3.05) is 26.4 Å². The van der Waals surface area contributed by atoms with Crippen molar-refractivity contribution in [2.24, 2.45) is 0 Å². The van der Waals surface area contributed by atoms with Gasteiger partial charge < -0.3 is 19.0 Å². The van der Waals surface area contributed by atoms with Gasteiger partial charge in [0, 0.05) is 12.7 Å². The molecule has 1 amide bonds. The number of aliphatic hydroxyl groups excluding tert-OH is 1. The van der Waals surface area contributed by atoms with Crippen LogP contribution in [0.15, 0.2) is 24.3 Å². The maximum absolute atomic E-state index is 13.2. The van der Waals surface area contributed by atoms with E-state index in [0.717, 1.165) is 6.42 Å². The molecule has 1 aromatic rings. The number of nitrogens with zero attached hydrogens (tertiary/aromatic N) is 1. The summed E-state index contributed by atoms with van der Waals surface area (Å²) < 4.78 is 30.3. The number of amides is 1. The van der Waals surface area contributed by atoms with Crippen molar-refractivity contribution in [1.29, 1.82) is 0 Å². The molecule has 0 aliphatic carbocycles. The Morgan fingerprint density at radius 1 is 1.37 bits per heavy atom. The van der Waals surface area contributed by atoms with Gasteiger partial charge >= 0.3 is 6.09 Å². The maximum atomic E-state index is 13.2. The number of benzene rings is 1. The van der Waals surface area contributed by atoms with Crippen molar-refractivity contribution < 1.29 is 28.2 Å². The standard InChI is InChI=1S/C19H30FNO4Si.C3H8O/c1-14(12-24-26(5,6)19(2,3)4)21-11-17(25-18(21)22)13-23-16-9-7-8-15(20)10-16;1-2-3-4/h7-10,14,17H,11-13H2,1-6H3;4H,2-3H2,1H3. The number of carbonyl (C=O) groups excluding carboxylic acids is 1. The van der Waals surface area contributed by atoms with Crippen LogP contribution in [0.3, 0.4) is 0 Å². The predicted octanol–water partition coefficient (Wildman–Crippen LogP) is 4.82. The molecule has 0 radical (unpaired) electrons. The molecule has 1 heterocycles. The van der Waals surface area contributed by atoms with E-state index in [1.54, 1.807) is 17.0 Å². The molecule has 2 rings (SSSR count). The van der Waals surface area contributed by atoms with E-state index in [4.69, 9.17) is 19.0 Å². The summed E-state index contributed by atoms with van der Waals surface area (Å²) in [6.07, 6.45) is 0.144. The molecule has 1 fully saturated rings. The van der Waals surface area contributed by atoms with Crippen LogP contribution in [0.5, 0.6) is 5.75 Å². The monoisotopic (exact) mass is 443 g/mol. The highest BCUT2D eigenvalue weighted by molar-refractivity contribution is 6.74. The van der Waals surface area contributed by atoms with Crippen molar-refractivity contribution >= 4 is 14.4 Å². The van der Waals surface area contributed by atoms with Crippen LogP contribution in [-0.2, 0) is 9.16 Å². The molecule has 1 aliphatic rings. The number of rotatable bonds is 8. The lowest BCUT2D eigenvalue weighted by Crippen LogP contribution is -2.46. The molecule has 0 aromatic heterocycles. The second-order valence-electron chi connectivity index (χ2n) is 9.07. The number of ether oxygens (including phenoxy) is 2. The minimum Gasteiger partial charge on any atom is -0.490 e. The van der Waals surface area contributed by atoms with E-state index in [1.165, 1.54) is 12.1 Å². The highest BCUT2D eigenvalue weighted by Crippen LogP contribution is 2.36. The molecule has 0 bridgehead atoms. The van der Waals surface area contributed by atoms with Gasteiger partial charge in [-0.15, -0.1) is 0 Å². The first-order chi connectivity index (χ1) is 13.9. The zero-order valence-corrected chi connectivity index (χ0v) is 20.4. The zero-order chi connectivity index (χ0) is 22.9. The normalized spacial score (nSPS) is 17.8. The van der Waals surface area contributed by atoms with Crippen LogP contribution in [0, 0.1) is 5.82 Å². The fourth-order valence-corrected chi connectivity index (χ4v) is 3.46. The first kappa shape index (κ1) is 26.4. The van der Waals surface area contributed by atoms with Gasteiger partial charge in [-0.25, -0.2) is 9.18 Å². The summed E-state index contributed by atoms with van der Waals surface area (Å²) >= 11 is 0. The molecule has 1 aliphatic heterocycles. The van der Waals surface area contributed by atoms with Crippen LogP contribution in [0.1, 0.15) is 41.0 Å². The fraction of sp³-hybridized carbons (Fsp3) is 0.682. The van der Waals surface area contributed by atoms with Crippen LogP contribution < -0.4 is 4.74 Å². The summed E-state index contributed by atoms with van der Waals surface area (Å²) in [5, 5.41) is 8.00. The van der Waals surface area contributed by atoms with Crippen LogP contribution >= 0.6 is 0 Å².